The van der Waals surface area contributed by atoms with Gasteiger partial charge in [-0.25, -0.2) is 0 Å². The van der Waals surface area contributed by atoms with Crippen LogP contribution in [0.4, 0.5) is 5.69 Å². The van der Waals surface area contributed by atoms with Crippen LogP contribution in [0.1, 0.15) is 31.7 Å². The molecule has 4 heteroatoms. The first-order valence-corrected chi connectivity index (χ1v) is 6.95. The number of rotatable bonds is 3. The molecule has 18 heavy (non-hydrogen) atoms. The molecule has 1 aliphatic rings. The van der Waals surface area contributed by atoms with Gasteiger partial charge in [0, 0.05) is 18.3 Å². The van der Waals surface area contributed by atoms with Gasteiger partial charge in [0.1, 0.15) is 0 Å². The Morgan fingerprint density at radius 3 is 2.72 bits per heavy atom. The molecular formula is C14H21N3S. The van der Waals surface area contributed by atoms with Crippen molar-refractivity contribution in [1.29, 1.82) is 0 Å². The third-order valence-electron chi connectivity index (χ3n) is 3.55. The van der Waals surface area contributed by atoms with Crippen molar-refractivity contribution in [2.24, 2.45) is 5.73 Å². The molecule has 0 radical (unpaired) electrons. The van der Waals surface area contributed by atoms with E-state index in [1.807, 2.05) is 12.1 Å². The molecule has 1 aliphatic heterocycles. The average Bonchev–Trinajstić information content (AvgIpc) is 2.34. The van der Waals surface area contributed by atoms with E-state index in [1.54, 1.807) is 0 Å². The molecule has 0 aromatic heterocycles. The summed E-state index contributed by atoms with van der Waals surface area (Å²) in [7, 11) is 0. The Hall–Kier alpha value is -1.13. The molecule has 0 spiro atoms. The number of piperidine rings is 1. The highest BCUT2D eigenvalue weighted by atomic mass is 32.1. The zero-order valence-electron chi connectivity index (χ0n) is 10.9. The Balaban J connectivity index is 1.95. The Morgan fingerprint density at radius 1 is 1.39 bits per heavy atom. The first-order chi connectivity index (χ1) is 8.65. The molecule has 98 valence electrons. The summed E-state index contributed by atoms with van der Waals surface area (Å²) in [5, 5.41) is 3.25. The van der Waals surface area contributed by atoms with Crippen LogP contribution in [0.2, 0.25) is 0 Å². The molecule has 1 heterocycles. The number of benzene rings is 1. The fourth-order valence-corrected chi connectivity index (χ4v) is 2.58. The highest BCUT2D eigenvalue weighted by Gasteiger charge is 2.17. The number of thiocarbonyl (C=S) groups is 1. The van der Waals surface area contributed by atoms with E-state index in [0.29, 0.717) is 11.2 Å². The van der Waals surface area contributed by atoms with E-state index in [0.717, 1.165) is 12.2 Å². The van der Waals surface area contributed by atoms with Crippen LogP contribution < -0.4 is 11.1 Å². The minimum atomic E-state index is 0.312. The topological polar surface area (TPSA) is 41.3 Å². The molecule has 3 N–H and O–H groups in total. The highest BCUT2D eigenvalue weighted by molar-refractivity contribution is 7.80. The van der Waals surface area contributed by atoms with Crippen LogP contribution in [0.3, 0.4) is 0 Å². The molecule has 3 nitrogen and oxygen atoms in total. The van der Waals surface area contributed by atoms with Gasteiger partial charge in [0.05, 0.1) is 0 Å². The van der Waals surface area contributed by atoms with E-state index < -0.39 is 0 Å². The van der Waals surface area contributed by atoms with E-state index in [4.69, 9.17) is 18.0 Å². The number of anilines is 1. The summed E-state index contributed by atoms with van der Waals surface area (Å²) in [6, 6.07) is 9.05. The van der Waals surface area contributed by atoms with Crippen molar-refractivity contribution in [3.05, 3.63) is 29.8 Å². The van der Waals surface area contributed by atoms with Crippen LogP contribution in [0.15, 0.2) is 24.3 Å². The Morgan fingerprint density at radius 2 is 2.11 bits per heavy atom. The number of nitrogens with one attached hydrogen (secondary N) is 1. The minimum absolute atomic E-state index is 0.312. The maximum atomic E-state index is 5.44. The number of nitrogens with two attached hydrogens (primary N) is 1. The lowest BCUT2D eigenvalue weighted by Crippen LogP contribution is -2.36. The fraction of sp³-hybridized carbons (Fsp3) is 0.500. The summed E-state index contributed by atoms with van der Waals surface area (Å²) in [6.45, 7) is 4.57. The van der Waals surface area contributed by atoms with E-state index in [9.17, 15) is 0 Å². The normalized spacial score (nSPS) is 20.6. The summed E-state index contributed by atoms with van der Waals surface area (Å²) in [4.78, 5) is 2.56. The molecule has 2 rings (SSSR count). The Kier molecular flexibility index (Phi) is 4.55. The molecule has 1 saturated heterocycles. The molecule has 0 bridgehead atoms. The van der Waals surface area contributed by atoms with E-state index in [2.05, 4.69) is 29.3 Å². The van der Waals surface area contributed by atoms with Crippen molar-refractivity contribution in [2.45, 2.75) is 38.8 Å². The Bertz CT molecular complexity index is 402. The second-order valence-electron chi connectivity index (χ2n) is 5.00. The van der Waals surface area contributed by atoms with E-state index in [-0.39, 0.29) is 0 Å². The quantitative estimate of drug-likeness (QED) is 0.823. The molecule has 0 amide bonds. The summed E-state index contributed by atoms with van der Waals surface area (Å²) in [6.07, 6.45) is 4.01. The minimum Gasteiger partial charge on any atom is -0.376 e. The zero-order chi connectivity index (χ0) is 13.0. The third-order valence-corrected chi connectivity index (χ3v) is 3.65. The van der Waals surface area contributed by atoms with Gasteiger partial charge in [-0.2, -0.15) is 0 Å². The summed E-state index contributed by atoms with van der Waals surface area (Å²) in [5.41, 5.74) is 7.74. The first kappa shape index (κ1) is 13.3. The predicted molar refractivity (Wildman–Crippen MR) is 80.6 cm³/mol. The van der Waals surface area contributed by atoms with Gasteiger partial charge in [0.25, 0.3) is 0 Å². The predicted octanol–water partition coefficient (Wildman–Crippen LogP) is 2.72. The maximum absolute atomic E-state index is 5.44. The fourth-order valence-electron chi connectivity index (χ4n) is 2.46. The monoisotopic (exact) mass is 263 g/mol. The molecule has 0 saturated carbocycles. The van der Waals surface area contributed by atoms with Crippen LogP contribution in [0, 0.1) is 0 Å². The maximum Gasteiger partial charge on any atom is 0.168 e. The smallest absolute Gasteiger partial charge is 0.168 e. The van der Waals surface area contributed by atoms with Gasteiger partial charge in [-0.1, -0.05) is 18.6 Å². The zero-order valence-corrected chi connectivity index (χ0v) is 11.7. The lowest BCUT2D eigenvalue weighted by molar-refractivity contribution is 0.152. The van der Waals surface area contributed by atoms with Crippen LogP contribution >= 0.6 is 12.2 Å². The molecule has 0 unspecified atom stereocenters. The number of nitrogens with zero attached hydrogens (tertiary/aromatic N) is 1. The summed E-state index contributed by atoms with van der Waals surface area (Å²) >= 11 is 4.82. The van der Waals surface area contributed by atoms with Crippen LogP contribution in [0.5, 0.6) is 0 Å². The highest BCUT2D eigenvalue weighted by Crippen LogP contribution is 2.19. The van der Waals surface area contributed by atoms with Crippen molar-refractivity contribution in [3.63, 3.8) is 0 Å². The van der Waals surface area contributed by atoms with Crippen LogP contribution in [-0.4, -0.2) is 22.6 Å². The van der Waals surface area contributed by atoms with Crippen LogP contribution in [-0.2, 0) is 6.54 Å². The van der Waals surface area contributed by atoms with Crippen molar-refractivity contribution in [1.82, 2.24) is 4.90 Å². The van der Waals surface area contributed by atoms with Crippen molar-refractivity contribution < 1.29 is 0 Å². The number of hydrogen-bond donors (Lipinski definition) is 2. The van der Waals surface area contributed by atoms with Crippen molar-refractivity contribution >= 4 is 23.0 Å². The van der Waals surface area contributed by atoms with Gasteiger partial charge in [-0.05, 0) is 56.2 Å². The summed E-state index contributed by atoms with van der Waals surface area (Å²) in [5.74, 6) is 0. The molecule has 1 aromatic rings. The van der Waals surface area contributed by atoms with Gasteiger partial charge in [0.15, 0.2) is 5.11 Å². The van der Waals surface area contributed by atoms with Crippen molar-refractivity contribution in [3.8, 4) is 0 Å². The molecule has 1 aromatic carbocycles. The van der Waals surface area contributed by atoms with Gasteiger partial charge in [-0.3, -0.25) is 4.90 Å². The van der Waals surface area contributed by atoms with Gasteiger partial charge in [-0.15, -0.1) is 0 Å². The van der Waals surface area contributed by atoms with Gasteiger partial charge < -0.3 is 11.1 Å². The van der Waals surface area contributed by atoms with Gasteiger partial charge >= 0.3 is 0 Å². The molecule has 1 fully saturated rings. The lowest BCUT2D eigenvalue weighted by Gasteiger charge is -2.33. The second kappa shape index (κ2) is 6.16. The third kappa shape index (κ3) is 3.68. The molecular weight excluding hydrogens is 242 g/mol. The van der Waals surface area contributed by atoms with Gasteiger partial charge in [0.2, 0.25) is 0 Å². The van der Waals surface area contributed by atoms with Crippen LogP contribution in [0.25, 0.3) is 0 Å². The Labute approximate surface area is 114 Å². The number of hydrogen-bond acceptors (Lipinski definition) is 2. The van der Waals surface area contributed by atoms with Crippen molar-refractivity contribution in [2.75, 3.05) is 11.9 Å². The second-order valence-corrected chi connectivity index (χ2v) is 5.44. The SMILES string of the molecule is C[C@@H]1CCCCN1Cc1ccc(NC(N)=S)cc1. The first-order valence-electron chi connectivity index (χ1n) is 6.54. The number of likely N-dealkylation sites (tertiary alicyclic amines) is 1. The summed E-state index contributed by atoms with van der Waals surface area (Å²) < 4.78 is 0. The molecule has 1 atom stereocenters. The van der Waals surface area contributed by atoms with E-state index in [1.165, 1.54) is 31.4 Å². The molecule has 0 aliphatic carbocycles. The van der Waals surface area contributed by atoms with E-state index >= 15 is 0 Å². The standard InChI is InChI=1S/C14H21N3S/c1-11-4-2-3-9-17(11)10-12-5-7-13(8-6-12)16-14(15)18/h5-8,11H,2-4,9-10H2,1H3,(H3,15,16,18)/t11-/m1/s1. The lowest BCUT2D eigenvalue weighted by atomic mass is 10.0. The largest absolute Gasteiger partial charge is 0.376 e. The average molecular weight is 263 g/mol.